The first-order valence-electron chi connectivity index (χ1n) is 6.46. The van der Waals surface area contributed by atoms with Crippen molar-refractivity contribution in [2.75, 3.05) is 0 Å². The van der Waals surface area contributed by atoms with Crippen LogP contribution in [0.3, 0.4) is 0 Å². The molecule has 2 heterocycles. The normalized spacial score (nSPS) is 12.6. The molecule has 0 N–H and O–H groups in total. The molecule has 2 aromatic heterocycles. The smallest absolute Gasteiger partial charge is 0.251 e. The molecule has 1 aromatic carbocycles. The van der Waals surface area contributed by atoms with Gasteiger partial charge < -0.3 is 4.52 Å². The molecule has 0 bridgehead atoms. The number of rotatable bonds is 3. The van der Waals surface area contributed by atoms with E-state index in [2.05, 4.69) is 15.2 Å². The summed E-state index contributed by atoms with van der Waals surface area (Å²) in [7, 11) is 0. The van der Waals surface area contributed by atoms with Crippen LogP contribution in [0, 0.1) is 6.92 Å². The number of halogens is 3. The first-order chi connectivity index (χ1) is 10.5. The molecule has 0 saturated heterocycles. The summed E-state index contributed by atoms with van der Waals surface area (Å²) in [5.74, 6) is 0.818. The average Bonchev–Trinajstić information content (AvgIpc) is 3.06. The van der Waals surface area contributed by atoms with Gasteiger partial charge in [0.05, 0.1) is 15.7 Å². The van der Waals surface area contributed by atoms with Gasteiger partial charge in [-0.15, -0.1) is 0 Å². The lowest BCUT2D eigenvalue weighted by Gasteiger charge is -2.05. The Morgan fingerprint density at radius 2 is 1.95 bits per heavy atom. The fraction of sp³-hybridized carbons (Fsp3) is 0.214. The predicted octanol–water partition coefficient (Wildman–Crippen LogP) is 4.81. The molecule has 8 heteroatoms. The quantitative estimate of drug-likeness (QED) is 0.675. The highest BCUT2D eigenvalue weighted by Crippen LogP contribution is 2.29. The van der Waals surface area contributed by atoms with Crippen molar-refractivity contribution >= 4 is 34.8 Å². The SMILES string of the molecule is Cc1nn(C(C)c2nc(-c3ccc(Cl)cc3Cl)no2)cc1Cl. The van der Waals surface area contributed by atoms with Crippen LogP contribution in [0.25, 0.3) is 11.4 Å². The topological polar surface area (TPSA) is 56.7 Å². The zero-order valence-corrected chi connectivity index (χ0v) is 14.0. The summed E-state index contributed by atoms with van der Waals surface area (Å²) >= 11 is 18.1. The van der Waals surface area contributed by atoms with Gasteiger partial charge in [0.1, 0.15) is 6.04 Å². The van der Waals surface area contributed by atoms with E-state index >= 15 is 0 Å². The Morgan fingerprint density at radius 1 is 1.18 bits per heavy atom. The van der Waals surface area contributed by atoms with E-state index < -0.39 is 0 Å². The minimum Gasteiger partial charge on any atom is -0.337 e. The number of benzene rings is 1. The van der Waals surface area contributed by atoms with Crippen LogP contribution >= 0.6 is 34.8 Å². The van der Waals surface area contributed by atoms with Gasteiger partial charge in [0, 0.05) is 16.8 Å². The van der Waals surface area contributed by atoms with E-state index in [1.54, 1.807) is 29.1 Å². The van der Waals surface area contributed by atoms with Gasteiger partial charge >= 0.3 is 0 Å². The molecule has 0 spiro atoms. The van der Waals surface area contributed by atoms with Gasteiger partial charge in [0.25, 0.3) is 5.89 Å². The van der Waals surface area contributed by atoms with Crippen LogP contribution in [-0.4, -0.2) is 19.9 Å². The number of hydrogen-bond acceptors (Lipinski definition) is 4. The Balaban J connectivity index is 1.93. The molecule has 3 aromatic rings. The van der Waals surface area contributed by atoms with Crippen molar-refractivity contribution < 1.29 is 4.52 Å². The monoisotopic (exact) mass is 356 g/mol. The molecule has 3 rings (SSSR count). The lowest BCUT2D eigenvalue weighted by atomic mass is 10.2. The minimum absolute atomic E-state index is 0.237. The third-order valence-corrected chi connectivity index (χ3v) is 4.14. The fourth-order valence-electron chi connectivity index (χ4n) is 1.96. The van der Waals surface area contributed by atoms with Crippen molar-refractivity contribution in [2.24, 2.45) is 0 Å². The standard InChI is InChI=1S/C14H11Cl3N4O/c1-7-12(17)6-21(19-7)8(2)14-18-13(20-22-14)10-4-3-9(15)5-11(10)16/h3-6,8H,1-2H3. The van der Waals surface area contributed by atoms with E-state index in [-0.39, 0.29) is 6.04 Å². The summed E-state index contributed by atoms with van der Waals surface area (Å²) in [5, 5.41) is 9.88. The number of nitrogens with zero attached hydrogens (tertiary/aromatic N) is 4. The Labute approximate surface area is 141 Å². The van der Waals surface area contributed by atoms with Crippen LogP contribution in [0.1, 0.15) is 24.6 Å². The Bertz CT molecular complexity index is 808. The van der Waals surface area contributed by atoms with E-state index in [4.69, 9.17) is 39.3 Å². The van der Waals surface area contributed by atoms with Crippen molar-refractivity contribution in [3.8, 4) is 11.4 Å². The van der Waals surface area contributed by atoms with E-state index in [0.29, 0.717) is 32.3 Å². The van der Waals surface area contributed by atoms with Gasteiger partial charge in [-0.05, 0) is 32.0 Å². The first-order valence-corrected chi connectivity index (χ1v) is 7.59. The maximum Gasteiger partial charge on any atom is 0.251 e. The van der Waals surface area contributed by atoms with Gasteiger partial charge in [-0.25, -0.2) is 0 Å². The second-order valence-corrected chi connectivity index (χ2v) is 6.05. The molecule has 0 saturated carbocycles. The second-order valence-electron chi connectivity index (χ2n) is 4.80. The molecule has 114 valence electrons. The van der Waals surface area contributed by atoms with E-state index in [0.717, 1.165) is 5.69 Å². The van der Waals surface area contributed by atoms with Gasteiger partial charge in [-0.2, -0.15) is 10.1 Å². The molecule has 0 fully saturated rings. The highest BCUT2D eigenvalue weighted by molar-refractivity contribution is 6.36. The van der Waals surface area contributed by atoms with Crippen LogP contribution in [0.15, 0.2) is 28.9 Å². The number of aromatic nitrogens is 4. The largest absolute Gasteiger partial charge is 0.337 e. The maximum absolute atomic E-state index is 6.15. The van der Waals surface area contributed by atoms with Crippen LogP contribution in [-0.2, 0) is 0 Å². The van der Waals surface area contributed by atoms with Crippen LogP contribution in [0.2, 0.25) is 15.1 Å². The molecule has 1 unspecified atom stereocenters. The van der Waals surface area contributed by atoms with Crippen molar-refractivity contribution in [1.82, 2.24) is 19.9 Å². The maximum atomic E-state index is 6.15. The van der Waals surface area contributed by atoms with E-state index in [1.165, 1.54) is 0 Å². The van der Waals surface area contributed by atoms with Crippen LogP contribution in [0.5, 0.6) is 0 Å². The Kier molecular flexibility index (Phi) is 4.12. The minimum atomic E-state index is -0.237. The number of hydrogen-bond donors (Lipinski definition) is 0. The van der Waals surface area contributed by atoms with Gasteiger partial charge in [-0.3, -0.25) is 4.68 Å². The molecule has 1 atom stereocenters. The number of aryl methyl sites for hydroxylation is 1. The van der Waals surface area contributed by atoms with Gasteiger partial charge in [0.2, 0.25) is 5.82 Å². The highest BCUT2D eigenvalue weighted by atomic mass is 35.5. The summed E-state index contributed by atoms with van der Waals surface area (Å²) in [6.07, 6.45) is 1.72. The molecule has 0 aliphatic carbocycles. The lowest BCUT2D eigenvalue weighted by Crippen LogP contribution is -2.07. The highest BCUT2D eigenvalue weighted by Gasteiger charge is 2.19. The second kappa shape index (κ2) is 5.91. The Hall–Kier alpha value is -1.56. The molecule has 22 heavy (non-hydrogen) atoms. The molecule has 0 radical (unpaired) electrons. The van der Waals surface area contributed by atoms with Crippen LogP contribution < -0.4 is 0 Å². The first kappa shape index (κ1) is 15.3. The fourth-order valence-corrected chi connectivity index (χ4v) is 2.59. The van der Waals surface area contributed by atoms with Crippen LogP contribution in [0.4, 0.5) is 0 Å². The van der Waals surface area contributed by atoms with E-state index in [9.17, 15) is 0 Å². The molecular formula is C14H11Cl3N4O. The zero-order valence-electron chi connectivity index (χ0n) is 11.7. The molecular weight excluding hydrogens is 347 g/mol. The van der Waals surface area contributed by atoms with E-state index in [1.807, 2.05) is 13.8 Å². The van der Waals surface area contributed by atoms with Crippen molar-refractivity contribution in [3.63, 3.8) is 0 Å². The predicted molar refractivity (Wildman–Crippen MR) is 85.5 cm³/mol. The lowest BCUT2D eigenvalue weighted by molar-refractivity contribution is 0.336. The summed E-state index contributed by atoms with van der Waals surface area (Å²) < 4.78 is 6.99. The summed E-state index contributed by atoms with van der Waals surface area (Å²) in [6, 6.07) is 4.87. The molecule has 5 nitrogen and oxygen atoms in total. The summed E-state index contributed by atoms with van der Waals surface area (Å²) in [4.78, 5) is 4.38. The van der Waals surface area contributed by atoms with Gasteiger partial charge in [0.15, 0.2) is 0 Å². The third kappa shape index (κ3) is 2.84. The van der Waals surface area contributed by atoms with Crippen molar-refractivity contribution in [3.05, 3.63) is 51.0 Å². The molecule has 0 amide bonds. The Morgan fingerprint density at radius 3 is 2.59 bits per heavy atom. The zero-order chi connectivity index (χ0) is 15.9. The van der Waals surface area contributed by atoms with Gasteiger partial charge in [-0.1, -0.05) is 40.0 Å². The molecule has 0 aliphatic rings. The van der Waals surface area contributed by atoms with Crippen molar-refractivity contribution in [2.45, 2.75) is 19.9 Å². The molecule has 0 aliphatic heterocycles. The van der Waals surface area contributed by atoms with Crippen molar-refractivity contribution in [1.29, 1.82) is 0 Å². The third-order valence-electron chi connectivity index (χ3n) is 3.22. The average molecular weight is 358 g/mol. The summed E-state index contributed by atoms with van der Waals surface area (Å²) in [5.41, 5.74) is 1.40. The summed E-state index contributed by atoms with van der Waals surface area (Å²) in [6.45, 7) is 3.72.